The van der Waals surface area contributed by atoms with E-state index in [0.29, 0.717) is 18.0 Å². The van der Waals surface area contributed by atoms with Crippen molar-refractivity contribution in [2.24, 2.45) is 0 Å². The number of rotatable bonds is 5. The van der Waals surface area contributed by atoms with Crippen LogP contribution >= 0.6 is 0 Å². The minimum atomic E-state index is 0.221. The molecule has 2 aromatic carbocycles. The third kappa shape index (κ3) is 3.11. The third-order valence-electron chi connectivity index (χ3n) is 3.72. The second-order valence-electron chi connectivity index (χ2n) is 5.19. The summed E-state index contributed by atoms with van der Waals surface area (Å²) in [4.78, 5) is 0. The number of hydrogen-bond acceptors (Lipinski definition) is 4. The van der Waals surface area contributed by atoms with Crippen LogP contribution in [0.1, 0.15) is 16.7 Å². The van der Waals surface area contributed by atoms with Gasteiger partial charge >= 0.3 is 0 Å². The predicted octanol–water partition coefficient (Wildman–Crippen LogP) is 2.76. The van der Waals surface area contributed by atoms with E-state index in [0.717, 1.165) is 18.5 Å². The maximum Gasteiger partial charge on any atom is 0.231 e. The summed E-state index contributed by atoms with van der Waals surface area (Å²) >= 11 is 0. The van der Waals surface area contributed by atoms with Crippen LogP contribution in [0.15, 0.2) is 36.4 Å². The molecular formula is C17H19NO3. The molecule has 2 N–H and O–H groups in total. The molecular weight excluding hydrogens is 266 g/mol. The highest BCUT2D eigenvalue weighted by atomic mass is 16.7. The molecule has 0 aliphatic carbocycles. The number of aromatic hydroxyl groups is 1. The maximum atomic E-state index is 9.96. The zero-order chi connectivity index (χ0) is 14.7. The average Bonchev–Trinajstić information content (AvgIpc) is 2.92. The number of aryl methyl sites for hydroxylation is 1. The van der Waals surface area contributed by atoms with E-state index < -0.39 is 0 Å². The van der Waals surface area contributed by atoms with Gasteiger partial charge in [-0.3, -0.25) is 0 Å². The van der Waals surface area contributed by atoms with Gasteiger partial charge < -0.3 is 19.9 Å². The molecule has 21 heavy (non-hydrogen) atoms. The van der Waals surface area contributed by atoms with Crippen molar-refractivity contribution in [3.63, 3.8) is 0 Å². The van der Waals surface area contributed by atoms with Crippen molar-refractivity contribution >= 4 is 0 Å². The second kappa shape index (κ2) is 6.06. The van der Waals surface area contributed by atoms with E-state index in [1.54, 1.807) is 6.07 Å². The Labute approximate surface area is 124 Å². The molecule has 0 atom stereocenters. The van der Waals surface area contributed by atoms with E-state index in [-0.39, 0.29) is 12.5 Å². The van der Waals surface area contributed by atoms with Crippen molar-refractivity contribution in [2.45, 2.75) is 19.9 Å². The van der Waals surface area contributed by atoms with E-state index in [2.05, 4.69) is 36.5 Å². The molecule has 0 saturated carbocycles. The smallest absolute Gasteiger partial charge is 0.231 e. The number of phenols is 1. The summed E-state index contributed by atoms with van der Waals surface area (Å²) in [6.45, 7) is 3.81. The fourth-order valence-corrected chi connectivity index (χ4v) is 2.45. The molecule has 0 bridgehead atoms. The Bertz CT molecular complexity index is 640. The molecule has 0 aromatic heterocycles. The summed E-state index contributed by atoms with van der Waals surface area (Å²) in [6, 6.07) is 11.8. The molecule has 4 heteroatoms. The highest BCUT2D eigenvalue weighted by Gasteiger charge is 2.16. The summed E-state index contributed by atoms with van der Waals surface area (Å²) in [6.07, 6.45) is 0.970. The fraction of sp³-hybridized carbons (Fsp3) is 0.294. The highest BCUT2D eigenvalue weighted by molar-refractivity contribution is 5.51. The summed E-state index contributed by atoms with van der Waals surface area (Å²) in [5, 5.41) is 13.3. The molecule has 0 amide bonds. The van der Waals surface area contributed by atoms with E-state index in [9.17, 15) is 5.11 Å². The molecule has 4 nitrogen and oxygen atoms in total. The molecule has 3 rings (SSSR count). The summed E-state index contributed by atoms with van der Waals surface area (Å²) < 4.78 is 10.6. The Hall–Kier alpha value is -2.20. The Morgan fingerprint density at radius 3 is 2.67 bits per heavy atom. The number of benzene rings is 2. The summed E-state index contributed by atoms with van der Waals surface area (Å²) in [5.41, 5.74) is 3.48. The van der Waals surface area contributed by atoms with Gasteiger partial charge in [0.1, 0.15) is 5.75 Å². The van der Waals surface area contributed by atoms with Gasteiger partial charge in [-0.25, -0.2) is 0 Å². The molecule has 1 heterocycles. The minimum Gasteiger partial charge on any atom is -0.507 e. The molecule has 0 radical (unpaired) electrons. The van der Waals surface area contributed by atoms with Gasteiger partial charge in [0.05, 0.1) is 0 Å². The SMILES string of the molecule is Cc1ccccc1CCNCc1cc2c(cc1O)OCO2. The fourth-order valence-electron chi connectivity index (χ4n) is 2.45. The Morgan fingerprint density at radius 2 is 1.86 bits per heavy atom. The number of hydrogen-bond donors (Lipinski definition) is 2. The molecule has 110 valence electrons. The average molecular weight is 285 g/mol. The zero-order valence-electron chi connectivity index (χ0n) is 12.1. The van der Waals surface area contributed by atoms with Gasteiger partial charge in [0, 0.05) is 18.2 Å². The van der Waals surface area contributed by atoms with Crippen LogP contribution in [-0.2, 0) is 13.0 Å². The first kappa shape index (κ1) is 13.8. The first-order valence-corrected chi connectivity index (χ1v) is 7.11. The van der Waals surface area contributed by atoms with Crippen molar-refractivity contribution in [3.8, 4) is 17.2 Å². The van der Waals surface area contributed by atoms with E-state index in [1.807, 2.05) is 6.07 Å². The van der Waals surface area contributed by atoms with Crippen molar-refractivity contribution in [1.82, 2.24) is 5.32 Å². The van der Waals surface area contributed by atoms with E-state index >= 15 is 0 Å². The quantitative estimate of drug-likeness (QED) is 0.829. The molecule has 1 aliphatic rings. The van der Waals surface area contributed by atoms with Crippen LogP contribution in [0, 0.1) is 6.92 Å². The van der Waals surface area contributed by atoms with Crippen molar-refractivity contribution < 1.29 is 14.6 Å². The summed E-state index contributed by atoms with van der Waals surface area (Å²) in [5.74, 6) is 1.54. The lowest BCUT2D eigenvalue weighted by atomic mass is 10.1. The van der Waals surface area contributed by atoms with Gasteiger partial charge in [-0.2, -0.15) is 0 Å². The van der Waals surface area contributed by atoms with Crippen molar-refractivity contribution in [3.05, 3.63) is 53.1 Å². The van der Waals surface area contributed by atoms with Gasteiger partial charge in [-0.1, -0.05) is 24.3 Å². The Kier molecular flexibility index (Phi) is 3.97. The molecule has 0 spiro atoms. The first-order chi connectivity index (χ1) is 10.2. The standard InChI is InChI=1S/C17H19NO3/c1-12-4-2-3-5-13(12)6-7-18-10-14-8-16-17(9-15(14)19)21-11-20-16/h2-5,8-9,18-19H,6-7,10-11H2,1H3. The van der Waals surface area contributed by atoms with Crippen LogP contribution in [0.5, 0.6) is 17.2 Å². The second-order valence-corrected chi connectivity index (χ2v) is 5.19. The number of ether oxygens (including phenoxy) is 2. The van der Waals surface area contributed by atoms with Crippen molar-refractivity contribution in [2.75, 3.05) is 13.3 Å². The predicted molar refractivity (Wildman–Crippen MR) is 80.8 cm³/mol. The number of nitrogens with one attached hydrogen (secondary N) is 1. The first-order valence-electron chi connectivity index (χ1n) is 7.11. The molecule has 0 fully saturated rings. The van der Waals surface area contributed by atoms with E-state index in [4.69, 9.17) is 9.47 Å². The monoisotopic (exact) mass is 285 g/mol. The normalized spacial score (nSPS) is 12.6. The van der Waals surface area contributed by atoms with Crippen LogP contribution in [-0.4, -0.2) is 18.4 Å². The van der Waals surface area contributed by atoms with E-state index in [1.165, 1.54) is 11.1 Å². The topological polar surface area (TPSA) is 50.7 Å². The lowest BCUT2D eigenvalue weighted by Crippen LogP contribution is -2.17. The zero-order valence-corrected chi connectivity index (χ0v) is 12.1. The van der Waals surface area contributed by atoms with Crippen LogP contribution in [0.3, 0.4) is 0 Å². The maximum absolute atomic E-state index is 9.96. The molecule has 2 aromatic rings. The third-order valence-corrected chi connectivity index (χ3v) is 3.72. The van der Waals surface area contributed by atoms with Crippen LogP contribution in [0.25, 0.3) is 0 Å². The number of fused-ring (bicyclic) bond motifs is 1. The molecule has 1 aliphatic heterocycles. The largest absolute Gasteiger partial charge is 0.507 e. The van der Waals surface area contributed by atoms with Crippen LogP contribution < -0.4 is 14.8 Å². The highest BCUT2D eigenvalue weighted by Crippen LogP contribution is 2.37. The Morgan fingerprint density at radius 1 is 1.10 bits per heavy atom. The lowest BCUT2D eigenvalue weighted by Gasteiger charge is -2.09. The van der Waals surface area contributed by atoms with Gasteiger partial charge in [-0.05, 0) is 37.1 Å². The lowest BCUT2D eigenvalue weighted by molar-refractivity contribution is 0.174. The van der Waals surface area contributed by atoms with Crippen LogP contribution in [0.4, 0.5) is 0 Å². The summed E-state index contributed by atoms with van der Waals surface area (Å²) in [7, 11) is 0. The van der Waals surface area contributed by atoms with Gasteiger partial charge in [0.25, 0.3) is 0 Å². The number of phenolic OH excluding ortho intramolecular Hbond substituents is 1. The van der Waals surface area contributed by atoms with Crippen molar-refractivity contribution in [1.29, 1.82) is 0 Å². The van der Waals surface area contributed by atoms with Crippen LogP contribution in [0.2, 0.25) is 0 Å². The minimum absolute atomic E-state index is 0.221. The molecule has 0 unspecified atom stereocenters. The van der Waals surface area contributed by atoms with Gasteiger partial charge in [0.15, 0.2) is 11.5 Å². The molecule has 0 saturated heterocycles. The van der Waals surface area contributed by atoms with Gasteiger partial charge in [-0.15, -0.1) is 0 Å². The van der Waals surface area contributed by atoms with Gasteiger partial charge in [0.2, 0.25) is 6.79 Å². The Balaban J connectivity index is 1.55.